The van der Waals surface area contributed by atoms with Gasteiger partial charge in [-0.1, -0.05) is 13.8 Å². The normalized spacial score (nSPS) is 16.1. The van der Waals surface area contributed by atoms with Crippen LogP contribution in [0.15, 0.2) is 30.9 Å². The van der Waals surface area contributed by atoms with E-state index in [0.717, 1.165) is 29.0 Å². The van der Waals surface area contributed by atoms with Crippen LogP contribution in [0.5, 0.6) is 0 Å². The van der Waals surface area contributed by atoms with Crippen molar-refractivity contribution in [3.05, 3.63) is 36.4 Å². The molecule has 0 radical (unpaired) electrons. The molecule has 1 aromatic carbocycles. The van der Waals surface area contributed by atoms with Crippen LogP contribution in [0, 0.1) is 0 Å². The molecule has 1 aliphatic rings. The highest BCUT2D eigenvalue weighted by Crippen LogP contribution is 2.38. The Morgan fingerprint density at radius 1 is 1.15 bits per heavy atom. The second kappa shape index (κ2) is 3.79. The van der Waals surface area contributed by atoms with Crippen molar-refractivity contribution >= 4 is 16.7 Å². The summed E-state index contributed by atoms with van der Waals surface area (Å²) in [5.74, 6) is 0.807. The van der Waals surface area contributed by atoms with Crippen LogP contribution >= 0.6 is 0 Å². The van der Waals surface area contributed by atoms with Gasteiger partial charge >= 0.3 is 0 Å². The average Bonchev–Trinajstić information content (AvgIpc) is 2.99. The van der Waals surface area contributed by atoms with Gasteiger partial charge in [0.25, 0.3) is 0 Å². The number of nitrogens with one attached hydrogen (secondary N) is 2. The van der Waals surface area contributed by atoms with E-state index in [1.54, 1.807) is 12.4 Å². The summed E-state index contributed by atoms with van der Waals surface area (Å²) in [5.41, 5.74) is 5.60. The number of rotatable bonds is 1. The van der Waals surface area contributed by atoms with E-state index in [-0.39, 0.29) is 5.41 Å². The lowest BCUT2D eigenvalue weighted by Gasteiger charge is -2.16. The molecule has 0 aliphatic carbocycles. The standard InChI is InChI=1S/C15H15N5/c1-15(2)7-18-11-4-13-12(3-10(11)15)19-14(20-13)9-5-16-8-17-6-9/h3-6,8,18H,7H2,1-2H3,(H,19,20). The molecular formula is C15H15N5. The lowest BCUT2D eigenvalue weighted by molar-refractivity contribution is 0.586. The van der Waals surface area contributed by atoms with Crippen molar-refractivity contribution in [3.63, 3.8) is 0 Å². The molecule has 0 bridgehead atoms. The summed E-state index contributed by atoms with van der Waals surface area (Å²) in [6.45, 7) is 5.47. The fourth-order valence-corrected chi connectivity index (χ4v) is 2.73. The van der Waals surface area contributed by atoms with Gasteiger partial charge in [-0.25, -0.2) is 15.0 Å². The maximum atomic E-state index is 4.63. The van der Waals surface area contributed by atoms with Crippen LogP contribution in [-0.4, -0.2) is 26.5 Å². The van der Waals surface area contributed by atoms with E-state index in [2.05, 4.69) is 51.2 Å². The first-order valence-corrected chi connectivity index (χ1v) is 6.67. The largest absolute Gasteiger partial charge is 0.384 e. The van der Waals surface area contributed by atoms with E-state index in [1.165, 1.54) is 17.6 Å². The SMILES string of the molecule is CC1(C)CNc2cc3nc(-c4cncnc4)[nH]c3cc21. The maximum absolute atomic E-state index is 4.63. The average molecular weight is 265 g/mol. The summed E-state index contributed by atoms with van der Waals surface area (Å²) < 4.78 is 0. The molecule has 0 amide bonds. The molecule has 5 nitrogen and oxygen atoms in total. The van der Waals surface area contributed by atoms with E-state index < -0.39 is 0 Å². The van der Waals surface area contributed by atoms with Crippen molar-refractivity contribution in [2.45, 2.75) is 19.3 Å². The molecule has 0 fully saturated rings. The van der Waals surface area contributed by atoms with Crippen molar-refractivity contribution in [1.29, 1.82) is 0 Å². The number of hydrogen-bond donors (Lipinski definition) is 2. The lowest BCUT2D eigenvalue weighted by atomic mass is 9.87. The highest BCUT2D eigenvalue weighted by molar-refractivity contribution is 5.85. The zero-order chi connectivity index (χ0) is 13.7. The Balaban J connectivity index is 1.90. The first-order valence-electron chi connectivity index (χ1n) is 6.67. The zero-order valence-electron chi connectivity index (χ0n) is 11.4. The molecule has 2 aromatic heterocycles. The minimum Gasteiger partial charge on any atom is -0.384 e. The predicted molar refractivity (Wildman–Crippen MR) is 78.6 cm³/mol. The van der Waals surface area contributed by atoms with Crippen molar-refractivity contribution in [1.82, 2.24) is 19.9 Å². The maximum Gasteiger partial charge on any atom is 0.141 e. The van der Waals surface area contributed by atoms with Gasteiger partial charge in [0.2, 0.25) is 0 Å². The number of fused-ring (bicyclic) bond motifs is 2. The minimum absolute atomic E-state index is 0.157. The van der Waals surface area contributed by atoms with Gasteiger partial charge in [0, 0.05) is 30.0 Å². The Bertz CT molecular complexity index is 789. The quantitative estimate of drug-likeness (QED) is 0.710. The Morgan fingerprint density at radius 2 is 1.95 bits per heavy atom. The van der Waals surface area contributed by atoms with E-state index in [4.69, 9.17) is 0 Å². The molecule has 0 atom stereocenters. The lowest BCUT2D eigenvalue weighted by Crippen LogP contribution is -2.18. The fraction of sp³-hybridized carbons (Fsp3) is 0.267. The molecule has 1 aliphatic heterocycles. The molecule has 0 unspecified atom stereocenters. The molecule has 0 saturated heterocycles. The van der Waals surface area contributed by atoms with Gasteiger partial charge in [0.15, 0.2) is 0 Å². The second-order valence-electron chi connectivity index (χ2n) is 5.86. The van der Waals surface area contributed by atoms with E-state index in [0.29, 0.717) is 0 Å². The molecule has 4 rings (SSSR count). The number of imidazole rings is 1. The van der Waals surface area contributed by atoms with E-state index in [1.807, 2.05) is 0 Å². The van der Waals surface area contributed by atoms with Gasteiger partial charge in [-0.05, 0) is 17.7 Å². The molecule has 20 heavy (non-hydrogen) atoms. The number of hydrogen-bond acceptors (Lipinski definition) is 4. The highest BCUT2D eigenvalue weighted by Gasteiger charge is 2.30. The van der Waals surface area contributed by atoms with Gasteiger partial charge in [0.1, 0.15) is 12.2 Å². The molecule has 5 heteroatoms. The van der Waals surface area contributed by atoms with Crippen LogP contribution in [0.3, 0.4) is 0 Å². The topological polar surface area (TPSA) is 66.5 Å². The van der Waals surface area contributed by atoms with Gasteiger partial charge < -0.3 is 10.3 Å². The summed E-state index contributed by atoms with van der Waals surface area (Å²) >= 11 is 0. The number of anilines is 1. The Labute approximate surface area is 116 Å². The van der Waals surface area contributed by atoms with Crippen LogP contribution in [0.2, 0.25) is 0 Å². The smallest absolute Gasteiger partial charge is 0.141 e. The monoisotopic (exact) mass is 265 g/mol. The first kappa shape index (κ1) is 11.4. The van der Waals surface area contributed by atoms with Crippen molar-refractivity contribution in [2.24, 2.45) is 0 Å². The summed E-state index contributed by atoms with van der Waals surface area (Å²) in [4.78, 5) is 16.1. The zero-order valence-corrected chi connectivity index (χ0v) is 11.4. The number of nitrogens with zero attached hydrogens (tertiary/aromatic N) is 3. The summed E-state index contributed by atoms with van der Waals surface area (Å²) in [6, 6.07) is 4.31. The number of benzene rings is 1. The third-order valence-electron chi connectivity index (χ3n) is 3.91. The van der Waals surface area contributed by atoms with E-state index in [9.17, 15) is 0 Å². The Morgan fingerprint density at radius 3 is 2.75 bits per heavy atom. The van der Waals surface area contributed by atoms with E-state index >= 15 is 0 Å². The van der Waals surface area contributed by atoms with Crippen LogP contribution in [0.1, 0.15) is 19.4 Å². The van der Waals surface area contributed by atoms with Crippen LogP contribution in [0.25, 0.3) is 22.4 Å². The molecule has 2 N–H and O–H groups in total. The van der Waals surface area contributed by atoms with Gasteiger partial charge in [-0.2, -0.15) is 0 Å². The molecule has 3 aromatic rings. The first-order chi connectivity index (χ1) is 9.63. The number of H-pyrrole nitrogens is 1. The summed E-state index contributed by atoms with van der Waals surface area (Å²) in [7, 11) is 0. The molecule has 3 heterocycles. The molecule has 0 saturated carbocycles. The summed E-state index contributed by atoms with van der Waals surface area (Å²) in [5, 5.41) is 3.45. The minimum atomic E-state index is 0.157. The Hall–Kier alpha value is -2.43. The van der Waals surface area contributed by atoms with Crippen molar-refractivity contribution < 1.29 is 0 Å². The van der Waals surface area contributed by atoms with Crippen molar-refractivity contribution in [3.8, 4) is 11.4 Å². The number of aromatic amines is 1. The van der Waals surface area contributed by atoms with Gasteiger partial charge in [-0.3, -0.25) is 0 Å². The van der Waals surface area contributed by atoms with Crippen LogP contribution in [0.4, 0.5) is 5.69 Å². The second-order valence-corrected chi connectivity index (χ2v) is 5.86. The molecule has 0 spiro atoms. The van der Waals surface area contributed by atoms with Gasteiger partial charge in [0.05, 0.1) is 16.6 Å². The highest BCUT2D eigenvalue weighted by atomic mass is 15.0. The van der Waals surface area contributed by atoms with Crippen LogP contribution < -0.4 is 5.32 Å². The van der Waals surface area contributed by atoms with Gasteiger partial charge in [-0.15, -0.1) is 0 Å². The molecule has 100 valence electrons. The Kier molecular flexibility index (Phi) is 2.16. The predicted octanol–water partition coefficient (Wildman–Crippen LogP) is 2.72. The van der Waals surface area contributed by atoms with Crippen molar-refractivity contribution in [2.75, 3.05) is 11.9 Å². The fourth-order valence-electron chi connectivity index (χ4n) is 2.73. The summed E-state index contributed by atoms with van der Waals surface area (Å²) in [6.07, 6.45) is 5.05. The molecular weight excluding hydrogens is 250 g/mol. The number of aromatic nitrogens is 4. The third-order valence-corrected chi connectivity index (χ3v) is 3.91. The van der Waals surface area contributed by atoms with Crippen LogP contribution in [-0.2, 0) is 5.41 Å². The third kappa shape index (κ3) is 1.59.